The van der Waals surface area contributed by atoms with Crippen molar-refractivity contribution in [2.24, 2.45) is 0 Å². The van der Waals surface area contributed by atoms with Crippen LogP contribution >= 0.6 is 0 Å². The first-order valence-corrected chi connectivity index (χ1v) is 7.66. The van der Waals surface area contributed by atoms with E-state index < -0.39 is 0 Å². The first kappa shape index (κ1) is 15.0. The number of fused-ring (bicyclic) bond motifs is 1. The average Bonchev–Trinajstić information content (AvgIpc) is 2.97. The van der Waals surface area contributed by atoms with Crippen LogP contribution in [-0.2, 0) is 0 Å². The Morgan fingerprint density at radius 1 is 1.25 bits per heavy atom. The minimum Gasteiger partial charge on any atom is -0.486 e. The Labute approximate surface area is 121 Å². The molecule has 0 spiro atoms. The normalized spacial score (nSPS) is 24.4. The van der Waals surface area contributed by atoms with Crippen LogP contribution < -0.4 is 10.1 Å². The molecule has 1 fully saturated rings. The van der Waals surface area contributed by atoms with Gasteiger partial charge in [0.05, 0.1) is 12.0 Å². The Balaban J connectivity index is 0.000000247. The van der Waals surface area contributed by atoms with Gasteiger partial charge in [-0.25, -0.2) is 0 Å². The molecule has 1 aromatic carbocycles. The van der Waals surface area contributed by atoms with Gasteiger partial charge in [0, 0.05) is 0 Å². The summed E-state index contributed by atoms with van der Waals surface area (Å²) in [6.07, 6.45) is 5.23. The average molecular weight is 275 g/mol. The van der Waals surface area contributed by atoms with Gasteiger partial charge in [0.25, 0.3) is 0 Å². The number of hydrogen-bond acceptors (Lipinski definition) is 3. The molecule has 20 heavy (non-hydrogen) atoms. The maximum Gasteiger partial charge on any atom is 0.170 e. The number of Topliss-reactive ketones (excluding diaryl/α,β-unsaturated/α-hetero) is 1. The minimum atomic E-state index is -0.305. The molecule has 1 unspecified atom stereocenters. The minimum absolute atomic E-state index is 0.202. The number of carbonyl (C=O) groups is 1. The summed E-state index contributed by atoms with van der Waals surface area (Å²) in [6, 6.07) is 7.50. The zero-order valence-electron chi connectivity index (χ0n) is 12.6. The SMILES string of the molecule is C1CCNC1.CCCC1(C)CC(=O)c2ccccc2O1. The van der Waals surface area contributed by atoms with E-state index >= 15 is 0 Å². The predicted molar refractivity (Wildman–Crippen MR) is 81.4 cm³/mol. The summed E-state index contributed by atoms with van der Waals surface area (Å²) in [6.45, 7) is 6.63. The van der Waals surface area contributed by atoms with Gasteiger partial charge in [-0.15, -0.1) is 0 Å². The molecule has 0 aliphatic carbocycles. The van der Waals surface area contributed by atoms with Gasteiger partial charge in [0.1, 0.15) is 11.4 Å². The van der Waals surface area contributed by atoms with E-state index in [1.54, 1.807) is 0 Å². The number of hydrogen-bond donors (Lipinski definition) is 1. The number of ether oxygens (including phenoxy) is 1. The van der Waals surface area contributed by atoms with E-state index in [0.717, 1.165) is 24.2 Å². The topological polar surface area (TPSA) is 38.3 Å². The molecule has 1 N–H and O–H groups in total. The zero-order chi connectivity index (χ0) is 14.4. The van der Waals surface area contributed by atoms with Gasteiger partial charge in [0.15, 0.2) is 5.78 Å². The van der Waals surface area contributed by atoms with Crippen LogP contribution in [0.3, 0.4) is 0 Å². The Bertz CT molecular complexity index is 446. The Morgan fingerprint density at radius 2 is 1.95 bits per heavy atom. The fourth-order valence-corrected chi connectivity index (χ4v) is 2.82. The highest BCUT2D eigenvalue weighted by molar-refractivity contribution is 6.00. The van der Waals surface area contributed by atoms with Crippen LogP contribution in [-0.4, -0.2) is 24.5 Å². The third-order valence-corrected chi connectivity index (χ3v) is 3.81. The van der Waals surface area contributed by atoms with E-state index in [1.807, 2.05) is 31.2 Å². The molecular weight excluding hydrogens is 250 g/mol. The second-order valence-electron chi connectivity index (χ2n) is 5.86. The highest BCUT2D eigenvalue weighted by Gasteiger charge is 2.35. The Morgan fingerprint density at radius 3 is 2.55 bits per heavy atom. The van der Waals surface area contributed by atoms with Crippen molar-refractivity contribution in [3.63, 3.8) is 0 Å². The number of rotatable bonds is 2. The third kappa shape index (κ3) is 3.83. The van der Waals surface area contributed by atoms with E-state index in [0.29, 0.717) is 6.42 Å². The van der Waals surface area contributed by atoms with Crippen molar-refractivity contribution in [1.29, 1.82) is 0 Å². The molecule has 3 heteroatoms. The molecular formula is C17H25NO2. The molecule has 0 saturated carbocycles. The maximum atomic E-state index is 11.9. The van der Waals surface area contributed by atoms with Gasteiger partial charge in [0.2, 0.25) is 0 Å². The van der Waals surface area contributed by atoms with Crippen LogP contribution in [0.5, 0.6) is 5.75 Å². The molecule has 1 saturated heterocycles. The molecule has 2 heterocycles. The van der Waals surface area contributed by atoms with Crippen molar-refractivity contribution in [2.45, 2.75) is 51.6 Å². The van der Waals surface area contributed by atoms with Crippen molar-refractivity contribution in [2.75, 3.05) is 13.1 Å². The Kier molecular flexibility index (Phi) is 5.18. The van der Waals surface area contributed by atoms with Crippen molar-refractivity contribution in [1.82, 2.24) is 5.32 Å². The monoisotopic (exact) mass is 275 g/mol. The summed E-state index contributed by atoms with van der Waals surface area (Å²) in [4.78, 5) is 11.9. The lowest BCUT2D eigenvalue weighted by Gasteiger charge is -2.34. The first-order valence-electron chi connectivity index (χ1n) is 7.66. The molecule has 2 aliphatic rings. The summed E-state index contributed by atoms with van der Waals surface area (Å²) < 4.78 is 5.91. The van der Waals surface area contributed by atoms with Gasteiger partial charge in [-0.1, -0.05) is 25.5 Å². The summed E-state index contributed by atoms with van der Waals surface area (Å²) >= 11 is 0. The molecule has 2 aliphatic heterocycles. The van der Waals surface area contributed by atoms with E-state index in [4.69, 9.17) is 4.74 Å². The third-order valence-electron chi connectivity index (χ3n) is 3.81. The maximum absolute atomic E-state index is 11.9. The van der Waals surface area contributed by atoms with Crippen molar-refractivity contribution >= 4 is 5.78 Å². The number of para-hydroxylation sites is 1. The van der Waals surface area contributed by atoms with Gasteiger partial charge < -0.3 is 10.1 Å². The van der Waals surface area contributed by atoms with E-state index in [2.05, 4.69) is 12.2 Å². The number of benzene rings is 1. The highest BCUT2D eigenvalue weighted by Crippen LogP contribution is 2.35. The van der Waals surface area contributed by atoms with Gasteiger partial charge in [-0.3, -0.25) is 4.79 Å². The largest absolute Gasteiger partial charge is 0.486 e. The number of nitrogens with one attached hydrogen (secondary N) is 1. The lowest BCUT2D eigenvalue weighted by atomic mass is 9.88. The number of carbonyl (C=O) groups excluding carboxylic acids is 1. The standard InChI is InChI=1S/C13H16O2.C4H9N/c1-3-8-13(2)9-11(14)10-6-4-5-7-12(10)15-13;1-2-4-5-3-1/h4-7H,3,8-9H2,1-2H3;5H,1-4H2. The molecule has 3 rings (SSSR count). The van der Waals surface area contributed by atoms with Crippen molar-refractivity contribution in [3.8, 4) is 5.75 Å². The van der Waals surface area contributed by atoms with Crippen molar-refractivity contribution in [3.05, 3.63) is 29.8 Å². The lowest BCUT2D eigenvalue weighted by molar-refractivity contribution is 0.0465. The van der Waals surface area contributed by atoms with E-state index in [-0.39, 0.29) is 11.4 Å². The van der Waals surface area contributed by atoms with E-state index in [1.165, 1.54) is 25.9 Å². The molecule has 0 aromatic heterocycles. The summed E-state index contributed by atoms with van der Waals surface area (Å²) in [5.41, 5.74) is 0.422. The summed E-state index contributed by atoms with van der Waals surface area (Å²) in [5.74, 6) is 0.942. The Hall–Kier alpha value is -1.35. The molecule has 0 amide bonds. The van der Waals surface area contributed by atoms with Crippen LogP contribution in [0.15, 0.2) is 24.3 Å². The van der Waals surface area contributed by atoms with Crippen LogP contribution in [0.25, 0.3) is 0 Å². The molecule has 1 atom stereocenters. The molecule has 110 valence electrons. The quantitative estimate of drug-likeness (QED) is 0.896. The van der Waals surface area contributed by atoms with Crippen molar-refractivity contribution < 1.29 is 9.53 Å². The number of ketones is 1. The van der Waals surface area contributed by atoms with Crippen LogP contribution in [0.1, 0.15) is 56.3 Å². The molecule has 0 radical (unpaired) electrons. The molecule has 0 bridgehead atoms. The highest BCUT2D eigenvalue weighted by atomic mass is 16.5. The second-order valence-corrected chi connectivity index (χ2v) is 5.86. The first-order chi connectivity index (χ1) is 9.64. The molecule has 3 nitrogen and oxygen atoms in total. The summed E-state index contributed by atoms with van der Waals surface area (Å²) in [7, 11) is 0. The van der Waals surface area contributed by atoms with Crippen LogP contribution in [0, 0.1) is 0 Å². The second kappa shape index (κ2) is 6.89. The van der Waals surface area contributed by atoms with E-state index in [9.17, 15) is 4.79 Å². The zero-order valence-corrected chi connectivity index (χ0v) is 12.6. The fourth-order valence-electron chi connectivity index (χ4n) is 2.82. The van der Waals surface area contributed by atoms with Crippen LogP contribution in [0.2, 0.25) is 0 Å². The fraction of sp³-hybridized carbons (Fsp3) is 0.588. The molecule has 1 aromatic rings. The van der Waals surface area contributed by atoms with Gasteiger partial charge >= 0.3 is 0 Å². The lowest BCUT2D eigenvalue weighted by Crippen LogP contribution is -2.38. The smallest absolute Gasteiger partial charge is 0.170 e. The van der Waals surface area contributed by atoms with Gasteiger partial charge in [-0.2, -0.15) is 0 Å². The van der Waals surface area contributed by atoms with Crippen LogP contribution in [0.4, 0.5) is 0 Å². The van der Waals surface area contributed by atoms with Gasteiger partial charge in [-0.05, 0) is 51.4 Å². The summed E-state index contributed by atoms with van der Waals surface area (Å²) in [5, 5.41) is 3.22. The predicted octanol–water partition coefficient (Wildman–Crippen LogP) is 3.58.